The first kappa shape index (κ1) is 16.0. The van der Waals surface area contributed by atoms with Gasteiger partial charge < -0.3 is 11.1 Å². The van der Waals surface area contributed by atoms with Gasteiger partial charge in [-0.1, -0.05) is 25.0 Å². The zero-order valence-corrected chi connectivity index (χ0v) is 12.5. The number of benzene rings is 1. The summed E-state index contributed by atoms with van der Waals surface area (Å²) in [4.78, 5) is 12.4. The summed E-state index contributed by atoms with van der Waals surface area (Å²) in [6.45, 7) is 4.55. The predicted molar refractivity (Wildman–Crippen MR) is 80.9 cm³/mol. The Balaban J connectivity index is 0.00000180. The van der Waals surface area contributed by atoms with Gasteiger partial charge in [0.05, 0.1) is 5.54 Å². The molecule has 106 valence electrons. The van der Waals surface area contributed by atoms with Crippen LogP contribution in [0, 0.1) is 13.8 Å². The molecule has 1 saturated carbocycles. The molecule has 0 aromatic heterocycles. The molecule has 1 aliphatic rings. The van der Waals surface area contributed by atoms with Crippen LogP contribution in [-0.4, -0.2) is 18.0 Å². The van der Waals surface area contributed by atoms with Crippen LogP contribution in [0.4, 0.5) is 0 Å². The van der Waals surface area contributed by atoms with Crippen molar-refractivity contribution in [3.8, 4) is 0 Å². The van der Waals surface area contributed by atoms with Crippen LogP contribution in [0.1, 0.15) is 47.2 Å². The molecule has 3 nitrogen and oxygen atoms in total. The molecule has 1 amide bonds. The fraction of sp³-hybridized carbons (Fsp3) is 0.533. The molecule has 1 aliphatic carbocycles. The standard InChI is InChI=1S/C15H22N2O.ClH/c1-11-6-5-7-13(12(11)2)14(18)17-15(10-16)8-3-4-9-15;/h5-7H,3-4,8-10,16H2,1-2H3,(H,17,18);1H. The molecule has 3 N–H and O–H groups in total. The number of amides is 1. The Morgan fingerprint density at radius 2 is 1.95 bits per heavy atom. The SMILES string of the molecule is Cc1cccc(C(=O)NC2(CN)CCCC2)c1C.Cl. The average Bonchev–Trinajstić information content (AvgIpc) is 2.81. The number of nitrogens with one attached hydrogen (secondary N) is 1. The molecule has 2 rings (SSSR count). The number of rotatable bonds is 3. The van der Waals surface area contributed by atoms with Crippen LogP contribution in [0.25, 0.3) is 0 Å². The second-order valence-electron chi connectivity index (χ2n) is 5.39. The Labute approximate surface area is 121 Å². The van der Waals surface area contributed by atoms with Gasteiger partial charge in [0.15, 0.2) is 0 Å². The Morgan fingerprint density at radius 1 is 1.32 bits per heavy atom. The lowest BCUT2D eigenvalue weighted by molar-refractivity contribution is 0.0902. The van der Waals surface area contributed by atoms with E-state index in [1.54, 1.807) is 0 Å². The first-order valence-corrected chi connectivity index (χ1v) is 6.67. The minimum atomic E-state index is -0.173. The van der Waals surface area contributed by atoms with E-state index in [-0.39, 0.29) is 23.9 Å². The Hall–Kier alpha value is -1.06. The highest BCUT2D eigenvalue weighted by Gasteiger charge is 2.34. The highest BCUT2D eigenvalue weighted by molar-refractivity contribution is 5.96. The van der Waals surface area contributed by atoms with E-state index in [2.05, 4.69) is 5.32 Å². The molecule has 0 radical (unpaired) electrons. The van der Waals surface area contributed by atoms with Gasteiger partial charge in [0.2, 0.25) is 0 Å². The molecule has 0 unspecified atom stereocenters. The minimum Gasteiger partial charge on any atom is -0.345 e. The number of hydrogen-bond donors (Lipinski definition) is 2. The first-order chi connectivity index (χ1) is 8.58. The quantitative estimate of drug-likeness (QED) is 0.896. The van der Waals surface area contributed by atoms with Gasteiger partial charge in [0, 0.05) is 12.1 Å². The number of carbonyl (C=O) groups is 1. The fourth-order valence-electron chi connectivity index (χ4n) is 2.74. The van der Waals surface area contributed by atoms with E-state index in [1.807, 2.05) is 32.0 Å². The van der Waals surface area contributed by atoms with E-state index < -0.39 is 0 Å². The molecule has 0 spiro atoms. The maximum atomic E-state index is 12.4. The summed E-state index contributed by atoms with van der Waals surface area (Å²) >= 11 is 0. The predicted octanol–water partition coefficient (Wildman–Crippen LogP) is 2.73. The summed E-state index contributed by atoms with van der Waals surface area (Å²) in [5.41, 5.74) is 8.65. The van der Waals surface area contributed by atoms with Gasteiger partial charge in [-0.3, -0.25) is 4.79 Å². The second kappa shape index (κ2) is 6.40. The van der Waals surface area contributed by atoms with Gasteiger partial charge in [-0.15, -0.1) is 12.4 Å². The summed E-state index contributed by atoms with van der Waals surface area (Å²) < 4.78 is 0. The van der Waals surface area contributed by atoms with E-state index >= 15 is 0 Å². The van der Waals surface area contributed by atoms with Gasteiger partial charge in [-0.05, 0) is 43.9 Å². The largest absolute Gasteiger partial charge is 0.345 e. The molecule has 1 aromatic rings. The van der Waals surface area contributed by atoms with Crippen LogP contribution in [-0.2, 0) is 0 Å². The highest BCUT2D eigenvalue weighted by atomic mass is 35.5. The van der Waals surface area contributed by atoms with Crippen molar-refractivity contribution >= 4 is 18.3 Å². The number of hydrogen-bond acceptors (Lipinski definition) is 2. The molecule has 0 heterocycles. The average molecular weight is 283 g/mol. The number of aryl methyl sites for hydroxylation is 1. The van der Waals surface area contributed by atoms with Gasteiger partial charge in [0.25, 0.3) is 5.91 Å². The number of nitrogens with two attached hydrogens (primary N) is 1. The van der Waals surface area contributed by atoms with Crippen molar-refractivity contribution in [1.82, 2.24) is 5.32 Å². The van der Waals surface area contributed by atoms with Crippen molar-refractivity contribution in [2.75, 3.05) is 6.54 Å². The number of carbonyl (C=O) groups excluding carboxylic acids is 1. The van der Waals surface area contributed by atoms with Crippen LogP contribution in [0.2, 0.25) is 0 Å². The topological polar surface area (TPSA) is 55.1 Å². The fourth-order valence-corrected chi connectivity index (χ4v) is 2.74. The molecule has 1 aromatic carbocycles. The van der Waals surface area contributed by atoms with Crippen molar-refractivity contribution in [3.05, 3.63) is 34.9 Å². The van der Waals surface area contributed by atoms with E-state index in [0.717, 1.165) is 42.4 Å². The molecule has 0 aliphatic heterocycles. The summed E-state index contributed by atoms with van der Waals surface area (Å²) in [5.74, 6) is 0.0172. The Kier molecular flexibility index (Phi) is 5.39. The van der Waals surface area contributed by atoms with Gasteiger partial charge in [-0.2, -0.15) is 0 Å². The van der Waals surface area contributed by atoms with Gasteiger partial charge >= 0.3 is 0 Å². The molecule has 0 atom stereocenters. The van der Waals surface area contributed by atoms with Crippen molar-refractivity contribution in [3.63, 3.8) is 0 Å². The van der Waals surface area contributed by atoms with E-state index in [9.17, 15) is 4.79 Å². The molecular weight excluding hydrogens is 260 g/mol. The summed E-state index contributed by atoms with van der Waals surface area (Å²) in [6, 6.07) is 5.85. The lowest BCUT2D eigenvalue weighted by atomic mass is 9.96. The third-order valence-electron chi connectivity index (χ3n) is 4.18. The maximum Gasteiger partial charge on any atom is 0.252 e. The van der Waals surface area contributed by atoms with Crippen molar-refractivity contribution in [1.29, 1.82) is 0 Å². The maximum absolute atomic E-state index is 12.4. The monoisotopic (exact) mass is 282 g/mol. The normalized spacial score (nSPS) is 16.8. The first-order valence-electron chi connectivity index (χ1n) is 6.67. The summed E-state index contributed by atoms with van der Waals surface area (Å²) in [7, 11) is 0. The molecule has 0 bridgehead atoms. The van der Waals surface area contributed by atoms with Crippen LogP contribution in [0.15, 0.2) is 18.2 Å². The third-order valence-corrected chi connectivity index (χ3v) is 4.18. The molecule has 1 fully saturated rings. The summed E-state index contributed by atoms with van der Waals surface area (Å²) in [5, 5.41) is 3.16. The number of halogens is 1. The molecule has 19 heavy (non-hydrogen) atoms. The zero-order chi connectivity index (χ0) is 13.2. The van der Waals surface area contributed by atoms with Crippen LogP contribution in [0.5, 0.6) is 0 Å². The van der Waals surface area contributed by atoms with Crippen LogP contribution in [0.3, 0.4) is 0 Å². The second-order valence-corrected chi connectivity index (χ2v) is 5.39. The van der Waals surface area contributed by atoms with E-state index in [1.165, 1.54) is 0 Å². The van der Waals surface area contributed by atoms with Crippen LogP contribution < -0.4 is 11.1 Å². The van der Waals surface area contributed by atoms with Crippen molar-refractivity contribution < 1.29 is 4.79 Å². The van der Waals surface area contributed by atoms with Gasteiger partial charge in [0.1, 0.15) is 0 Å². The summed E-state index contributed by atoms with van der Waals surface area (Å²) in [6.07, 6.45) is 4.31. The molecule has 4 heteroatoms. The van der Waals surface area contributed by atoms with Gasteiger partial charge in [-0.25, -0.2) is 0 Å². The highest BCUT2D eigenvalue weighted by Crippen LogP contribution is 2.29. The third kappa shape index (κ3) is 3.28. The lowest BCUT2D eigenvalue weighted by Gasteiger charge is -2.29. The Morgan fingerprint density at radius 3 is 2.53 bits per heavy atom. The minimum absolute atomic E-state index is 0. The zero-order valence-electron chi connectivity index (χ0n) is 11.7. The smallest absolute Gasteiger partial charge is 0.252 e. The van der Waals surface area contributed by atoms with E-state index in [0.29, 0.717) is 6.54 Å². The molecule has 0 saturated heterocycles. The van der Waals surface area contributed by atoms with Crippen LogP contribution >= 0.6 is 12.4 Å². The van der Waals surface area contributed by atoms with E-state index in [4.69, 9.17) is 5.73 Å². The van der Waals surface area contributed by atoms with Crippen molar-refractivity contribution in [2.45, 2.75) is 45.1 Å². The molecular formula is C15H23ClN2O. The van der Waals surface area contributed by atoms with Crippen molar-refractivity contribution in [2.24, 2.45) is 5.73 Å². The Bertz CT molecular complexity index is 453. The lowest BCUT2D eigenvalue weighted by Crippen LogP contribution is -2.51.